The molecule has 0 aromatic carbocycles. The number of carbonyl (C=O) groups excluding carboxylic acids is 2. The SMILES string of the molecule is CN1CCCC(N)(C(=O)OC(C)(C)C)C1=O. The highest BCUT2D eigenvalue weighted by Gasteiger charge is 2.48. The Morgan fingerprint density at radius 1 is 1.50 bits per heavy atom. The number of likely N-dealkylation sites (N-methyl/N-ethyl adjacent to an activating group) is 1. The molecule has 1 unspecified atom stereocenters. The van der Waals surface area contributed by atoms with Crippen LogP contribution in [0.25, 0.3) is 0 Å². The second-order valence-electron chi connectivity index (χ2n) is 5.30. The number of esters is 1. The minimum atomic E-state index is -1.50. The van der Waals surface area contributed by atoms with Crippen molar-refractivity contribution >= 4 is 11.9 Å². The molecule has 0 saturated carbocycles. The molecule has 0 bridgehead atoms. The van der Waals surface area contributed by atoms with Crippen LogP contribution in [-0.4, -0.2) is 41.5 Å². The van der Waals surface area contributed by atoms with Gasteiger partial charge in [-0.15, -0.1) is 0 Å². The Labute approximate surface area is 95.9 Å². The molecule has 1 amide bonds. The summed E-state index contributed by atoms with van der Waals surface area (Å²) >= 11 is 0. The third kappa shape index (κ3) is 2.52. The van der Waals surface area contributed by atoms with E-state index in [2.05, 4.69) is 0 Å². The number of nitrogens with two attached hydrogens (primary N) is 1. The molecule has 5 nitrogen and oxygen atoms in total. The lowest BCUT2D eigenvalue weighted by atomic mass is 9.89. The summed E-state index contributed by atoms with van der Waals surface area (Å²) in [4.78, 5) is 25.3. The Balaban J connectivity index is 2.84. The van der Waals surface area contributed by atoms with Gasteiger partial charge in [-0.05, 0) is 33.6 Å². The van der Waals surface area contributed by atoms with Crippen molar-refractivity contribution in [3.63, 3.8) is 0 Å². The van der Waals surface area contributed by atoms with Gasteiger partial charge in [-0.2, -0.15) is 0 Å². The highest BCUT2D eigenvalue weighted by atomic mass is 16.6. The molecule has 1 fully saturated rings. The van der Waals surface area contributed by atoms with Gasteiger partial charge in [0.05, 0.1) is 0 Å². The Bertz CT molecular complexity index is 309. The lowest BCUT2D eigenvalue weighted by Gasteiger charge is -2.36. The van der Waals surface area contributed by atoms with Gasteiger partial charge in [-0.25, -0.2) is 4.79 Å². The summed E-state index contributed by atoms with van der Waals surface area (Å²) in [5.41, 5.74) is 3.75. The van der Waals surface area contributed by atoms with E-state index < -0.39 is 17.1 Å². The topological polar surface area (TPSA) is 72.6 Å². The zero-order valence-electron chi connectivity index (χ0n) is 10.4. The number of carbonyl (C=O) groups is 2. The number of hydrogen-bond donors (Lipinski definition) is 1. The fraction of sp³-hybridized carbons (Fsp3) is 0.818. The van der Waals surface area contributed by atoms with E-state index in [0.717, 1.165) is 6.42 Å². The van der Waals surface area contributed by atoms with E-state index in [-0.39, 0.29) is 5.91 Å². The number of rotatable bonds is 1. The minimum Gasteiger partial charge on any atom is -0.458 e. The Morgan fingerprint density at radius 2 is 2.06 bits per heavy atom. The zero-order valence-corrected chi connectivity index (χ0v) is 10.4. The fourth-order valence-corrected chi connectivity index (χ4v) is 1.70. The quantitative estimate of drug-likeness (QED) is 0.517. The van der Waals surface area contributed by atoms with E-state index >= 15 is 0 Å². The summed E-state index contributed by atoms with van der Waals surface area (Å²) in [6, 6.07) is 0. The molecule has 0 aliphatic carbocycles. The average Bonchev–Trinajstić information content (AvgIpc) is 2.11. The summed E-state index contributed by atoms with van der Waals surface area (Å²) in [6.07, 6.45) is 1.07. The molecular weight excluding hydrogens is 208 g/mol. The first-order valence-electron chi connectivity index (χ1n) is 5.45. The molecule has 1 rings (SSSR count). The molecule has 0 aromatic rings. The summed E-state index contributed by atoms with van der Waals surface area (Å²) in [5, 5.41) is 0. The molecule has 5 heteroatoms. The summed E-state index contributed by atoms with van der Waals surface area (Å²) in [6.45, 7) is 5.91. The van der Waals surface area contributed by atoms with Gasteiger partial charge in [0.1, 0.15) is 5.60 Å². The maximum atomic E-state index is 11.9. The highest BCUT2D eigenvalue weighted by Crippen LogP contribution is 2.23. The van der Waals surface area contributed by atoms with Crippen molar-refractivity contribution in [2.75, 3.05) is 13.6 Å². The van der Waals surface area contributed by atoms with Gasteiger partial charge in [0.15, 0.2) is 5.54 Å². The second-order valence-corrected chi connectivity index (χ2v) is 5.30. The van der Waals surface area contributed by atoms with E-state index in [1.807, 2.05) is 0 Å². The number of amides is 1. The van der Waals surface area contributed by atoms with Crippen molar-refractivity contribution in [1.29, 1.82) is 0 Å². The van der Waals surface area contributed by atoms with Crippen molar-refractivity contribution < 1.29 is 14.3 Å². The van der Waals surface area contributed by atoms with Crippen LogP contribution in [-0.2, 0) is 14.3 Å². The van der Waals surface area contributed by atoms with Crippen LogP contribution in [0, 0.1) is 0 Å². The van der Waals surface area contributed by atoms with Crippen molar-refractivity contribution in [3.05, 3.63) is 0 Å². The van der Waals surface area contributed by atoms with Gasteiger partial charge in [-0.3, -0.25) is 4.79 Å². The largest absolute Gasteiger partial charge is 0.458 e. The lowest BCUT2D eigenvalue weighted by molar-refractivity contribution is -0.168. The monoisotopic (exact) mass is 228 g/mol. The molecule has 0 spiro atoms. The number of ether oxygens (including phenoxy) is 1. The minimum absolute atomic E-state index is 0.352. The van der Waals surface area contributed by atoms with Crippen LogP contribution in [0.15, 0.2) is 0 Å². The molecule has 1 aliphatic heterocycles. The van der Waals surface area contributed by atoms with Gasteiger partial charge in [-0.1, -0.05) is 0 Å². The molecule has 1 saturated heterocycles. The lowest BCUT2D eigenvalue weighted by Crippen LogP contribution is -2.64. The highest BCUT2D eigenvalue weighted by molar-refractivity contribution is 6.07. The van der Waals surface area contributed by atoms with E-state index in [1.54, 1.807) is 27.8 Å². The number of hydrogen-bond acceptors (Lipinski definition) is 4. The first-order chi connectivity index (χ1) is 7.17. The molecule has 1 atom stereocenters. The van der Waals surface area contributed by atoms with Gasteiger partial charge < -0.3 is 15.4 Å². The molecule has 92 valence electrons. The Hall–Kier alpha value is -1.10. The van der Waals surface area contributed by atoms with Gasteiger partial charge in [0, 0.05) is 13.6 Å². The van der Waals surface area contributed by atoms with Crippen molar-refractivity contribution in [2.24, 2.45) is 5.73 Å². The maximum Gasteiger partial charge on any atom is 0.336 e. The predicted octanol–water partition coefficient (Wildman–Crippen LogP) is 0.278. The van der Waals surface area contributed by atoms with Crippen LogP contribution in [0.2, 0.25) is 0 Å². The molecule has 1 aliphatic rings. The third-order valence-corrected chi connectivity index (χ3v) is 2.56. The van der Waals surface area contributed by atoms with Crippen LogP contribution in [0.4, 0.5) is 0 Å². The van der Waals surface area contributed by atoms with Crippen molar-refractivity contribution in [1.82, 2.24) is 4.90 Å². The van der Waals surface area contributed by atoms with Gasteiger partial charge in [0.25, 0.3) is 5.91 Å². The van der Waals surface area contributed by atoms with Crippen molar-refractivity contribution in [2.45, 2.75) is 44.8 Å². The molecule has 1 heterocycles. The average molecular weight is 228 g/mol. The maximum absolute atomic E-state index is 11.9. The molecular formula is C11H20N2O3. The smallest absolute Gasteiger partial charge is 0.336 e. The van der Waals surface area contributed by atoms with E-state index in [9.17, 15) is 9.59 Å². The summed E-state index contributed by atoms with van der Waals surface area (Å²) < 4.78 is 5.19. The van der Waals surface area contributed by atoms with Crippen LogP contribution in [0.3, 0.4) is 0 Å². The fourth-order valence-electron chi connectivity index (χ4n) is 1.70. The Kier molecular flexibility index (Phi) is 3.28. The summed E-state index contributed by atoms with van der Waals surface area (Å²) in [7, 11) is 1.65. The first kappa shape index (κ1) is 13.0. The molecule has 2 N–H and O–H groups in total. The number of nitrogens with zero attached hydrogens (tertiary/aromatic N) is 1. The standard InChI is InChI=1S/C11H20N2O3/c1-10(2,3)16-9(15)11(12)6-5-7-13(4)8(11)14/h5-7,12H2,1-4H3. The summed E-state index contributed by atoms with van der Waals surface area (Å²) in [5.74, 6) is -0.982. The van der Waals surface area contributed by atoms with Crippen LogP contribution >= 0.6 is 0 Å². The van der Waals surface area contributed by atoms with E-state index in [1.165, 1.54) is 4.90 Å². The van der Waals surface area contributed by atoms with E-state index in [0.29, 0.717) is 13.0 Å². The molecule has 0 radical (unpaired) electrons. The predicted molar refractivity (Wildman–Crippen MR) is 59.6 cm³/mol. The molecule has 0 aromatic heterocycles. The van der Waals surface area contributed by atoms with E-state index in [4.69, 9.17) is 10.5 Å². The van der Waals surface area contributed by atoms with Crippen LogP contribution in [0.1, 0.15) is 33.6 Å². The molecule has 16 heavy (non-hydrogen) atoms. The van der Waals surface area contributed by atoms with Gasteiger partial charge >= 0.3 is 5.97 Å². The van der Waals surface area contributed by atoms with Crippen LogP contribution in [0.5, 0.6) is 0 Å². The zero-order chi connectivity index (χ0) is 12.6. The second kappa shape index (κ2) is 4.05. The Morgan fingerprint density at radius 3 is 2.56 bits per heavy atom. The van der Waals surface area contributed by atoms with Gasteiger partial charge in [0.2, 0.25) is 0 Å². The number of likely N-dealkylation sites (tertiary alicyclic amines) is 1. The third-order valence-electron chi connectivity index (χ3n) is 2.56. The normalized spacial score (nSPS) is 26.8. The number of piperidine rings is 1. The van der Waals surface area contributed by atoms with Crippen LogP contribution < -0.4 is 5.73 Å². The van der Waals surface area contributed by atoms with Crippen molar-refractivity contribution in [3.8, 4) is 0 Å². The first-order valence-corrected chi connectivity index (χ1v) is 5.45.